The van der Waals surface area contributed by atoms with Crippen LogP contribution in [0.25, 0.3) is 6.08 Å². The number of phenolic OH excluding ortho intramolecular Hbond substituents is 1. The second-order valence-corrected chi connectivity index (χ2v) is 7.79. The minimum atomic E-state index is -0.169. The van der Waals surface area contributed by atoms with Gasteiger partial charge in [0.05, 0.1) is 25.3 Å². The number of allylic oxidation sites excluding steroid dienone is 1. The standard InChI is InChI=1S/C24H27NO5/c1-15-11-18(26)17(14-25-9-5-4-6-10-25)24-22(15)23(27)21(30-24)13-16-7-8-19(28-2)20(12-16)29-3/h7-8,11-13,26H,4-6,9-10,14H2,1-3H3/b21-13-. The van der Waals surface area contributed by atoms with E-state index in [-0.39, 0.29) is 17.3 Å². The van der Waals surface area contributed by atoms with Gasteiger partial charge in [-0.25, -0.2) is 0 Å². The van der Waals surface area contributed by atoms with Crippen LogP contribution in [-0.4, -0.2) is 43.1 Å². The number of aryl methyl sites for hydroxylation is 1. The van der Waals surface area contributed by atoms with Gasteiger partial charge in [0.1, 0.15) is 11.5 Å². The van der Waals surface area contributed by atoms with Crippen molar-refractivity contribution in [2.24, 2.45) is 0 Å². The van der Waals surface area contributed by atoms with Crippen LogP contribution in [0.2, 0.25) is 0 Å². The number of phenols is 1. The Morgan fingerprint density at radius 1 is 1.10 bits per heavy atom. The lowest BCUT2D eigenvalue weighted by Gasteiger charge is -2.27. The zero-order valence-corrected chi connectivity index (χ0v) is 17.7. The van der Waals surface area contributed by atoms with Crippen molar-refractivity contribution < 1.29 is 24.1 Å². The van der Waals surface area contributed by atoms with Crippen molar-refractivity contribution in [3.8, 4) is 23.0 Å². The Hall–Kier alpha value is -2.99. The highest BCUT2D eigenvalue weighted by Gasteiger charge is 2.33. The molecule has 0 atom stereocenters. The molecule has 1 fully saturated rings. The molecule has 6 heteroatoms. The summed E-state index contributed by atoms with van der Waals surface area (Å²) in [6.07, 6.45) is 5.24. The summed E-state index contributed by atoms with van der Waals surface area (Å²) in [5.74, 6) is 1.93. The third kappa shape index (κ3) is 3.75. The largest absolute Gasteiger partial charge is 0.507 e. The van der Waals surface area contributed by atoms with E-state index in [1.54, 1.807) is 38.5 Å². The number of rotatable bonds is 5. The number of piperidine rings is 1. The summed E-state index contributed by atoms with van der Waals surface area (Å²) < 4.78 is 16.7. The van der Waals surface area contributed by atoms with Gasteiger partial charge in [0.25, 0.3) is 0 Å². The molecule has 1 saturated heterocycles. The number of methoxy groups -OCH3 is 2. The molecule has 6 nitrogen and oxygen atoms in total. The number of aromatic hydroxyl groups is 1. The molecule has 30 heavy (non-hydrogen) atoms. The summed E-state index contributed by atoms with van der Waals surface area (Å²) >= 11 is 0. The Balaban J connectivity index is 1.69. The fourth-order valence-electron chi connectivity index (χ4n) is 4.17. The topological polar surface area (TPSA) is 68.2 Å². The van der Waals surface area contributed by atoms with E-state index in [2.05, 4.69) is 4.90 Å². The summed E-state index contributed by atoms with van der Waals surface area (Å²) in [5, 5.41) is 10.6. The van der Waals surface area contributed by atoms with E-state index in [1.807, 2.05) is 13.0 Å². The molecule has 2 aromatic carbocycles. The fourth-order valence-corrected chi connectivity index (χ4v) is 4.17. The van der Waals surface area contributed by atoms with Crippen molar-refractivity contribution in [1.82, 2.24) is 4.90 Å². The Bertz CT molecular complexity index is 1010. The van der Waals surface area contributed by atoms with Gasteiger partial charge in [-0.3, -0.25) is 9.69 Å². The SMILES string of the molecule is COc1ccc(/C=C2\Oc3c(CN4CCCCC4)c(O)cc(C)c3C2=O)cc1OC. The predicted octanol–water partition coefficient (Wildman–Crippen LogP) is 4.32. The zero-order valence-electron chi connectivity index (χ0n) is 17.7. The average Bonchev–Trinajstić information content (AvgIpc) is 3.08. The van der Waals surface area contributed by atoms with Crippen LogP contribution in [0.3, 0.4) is 0 Å². The van der Waals surface area contributed by atoms with Crippen LogP contribution >= 0.6 is 0 Å². The minimum absolute atomic E-state index is 0.169. The molecule has 2 aliphatic heterocycles. The number of ketones is 1. The van der Waals surface area contributed by atoms with E-state index < -0.39 is 0 Å². The second-order valence-electron chi connectivity index (χ2n) is 7.79. The number of Topliss-reactive ketones (excluding diaryl/α,β-unsaturated/α-hetero) is 1. The molecule has 0 amide bonds. The van der Waals surface area contributed by atoms with Gasteiger partial charge in [-0.2, -0.15) is 0 Å². The lowest BCUT2D eigenvalue weighted by Crippen LogP contribution is -2.29. The van der Waals surface area contributed by atoms with Crippen LogP contribution in [0.5, 0.6) is 23.0 Å². The summed E-state index contributed by atoms with van der Waals surface area (Å²) in [7, 11) is 3.15. The maximum atomic E-state index is 13.1. The Morgan fingerprint density at radius 2 is 1.83 bits per heavy atom. The van der Waals surface area contributed by atoms with Crippen molar-refractivity contribution in [3.63, 3.8) is 0 Å². The number of benzene rings is 2. The summed E-state index contributed by atoms with van der Waals surface area (Å²) in [6, 6.07) is 7.09. The normalized spacial score (nSPS) is 17.7. The molecule has 0 saturated carbocycles. The molecule has 0 radical (unpaired) electrons. The quantitative estimate of drug-likeness (QED) is 0.742. The first-order valence-corrected chi connectivity index (χ1v) is 10.3. The van der Waals surface area contributed by atoms with Gasteiger partial charge >= 0.3 is 0 Å². The van der Waals surface area contributed by atoms with Gasteiger partial charge in [-0.1, -0.05) is 12.5 Å². The van der Waals surface area contributed by atoms with Crippen molar-refractivity contribution in [2.45, 2.75) is 32.7 Å². The molecule has 158 valence electrons. The highest BCUT2D eigenvalue weighted by atomic mass is 16.5. The van der Waals surface area contributed by atoms with Gasteiger partial charge in [0.15, 0.2) is 17.3 Å². The molecule has 0 aromatic heterocycles. The summed E-state index contributed by atoms with van der Waals surface area (Å²) in [4.78, 5) is 15.4. The molecule has 0 aliphatic carbocycles. The first-order valence-electron chi connectivity index (χ1n) is 10.3. The van der Waals surface area contributed by atoms with Crippen LogP contribution in [-0.2, 0) is 6.54 Å². The van der Waals surface area contributed by atoms with E-state index >= 15 is 0 Å². The summed E-state index contributed by atoms with van der Waals surface area (Å²) in [5.41, 5.74) is 2.70. The van der Waals surface area contributed by atoms with Crippen LogP contribution in [0.1, 0.15) is 46.3 Å². The van der Waals surface area contributed by atoms with Gasteiger partial charge in [-0.05, 0) is 68.3 Å². The number of fused-ring (bicyclic) bond motifs is 1. The number of hydrogen-bond acceptors (Lipinski definition) is 6. The Labute approximate surface area is 176 Å². The highest BCUT2D eigenvalue weighted by Crippen LogP contribution is 2.42. The molecular weight excluding hydrogens is 382 g/mol. The number of ether oxygens (including phenoxy) is 3. The average molecular weight is 409 g/mol. The molecular formula is C24H27NO5. The van der Waals surface area contributed by atoms with Gasteiger partial charge in [-0.15, -0.1) is 0 Å². The number of carbonyl (C=O) groups is 1. The van der Waals surface area contributed by atoms with Crippen LogP contribution < -0.4 is 14.2 Å². The smallest absolute Gasteiger partial charge is 0.232 e. The molecule has 0 unspecified atom stereocenters. The molecule has 0 bridgehead atoms. The van der Waals surface area contributed by atoms with Crippen molar-refractivity contribution in [1.29, 1.82) is 0 Å². The van der Waals surface area contributed by atoms with Gasteiger partial charge in [0.2, 0.25) is 5.78 Å². The second kappa shape index (κ2) is 8.40. The monoisotopic (exact) mass is 409 g/mol. The van der Waals surface area contributed by atoms with Crippen molar-refractivity contribution >= 4 is 11.9 Å². The summed E-state index contributed by atoms with van der Waals surface area (Å²) in [6.45, 7) is 4.38. The third-order valence-electron chi connectivity index (χ3n) is 5.76. The third-order valence-corrected chi connectivity index (χ3v) is 5.76. The molecule has 2 aliphatic rings. The lowest BCUT2D eigenvalue weighted by molar-refractivity contribution is 0.101. The van der Waals surface area contributed by atoms with E-state index in [0.29, 0.717) is 40.5 Å². The minimum Gasteiger partial charge on any atom is -0.507 e. The van der Waals surface area contributed by atoms with Gasteiger partial charge in [0, 0.05) is 6.54 Å². The maximum absolute atomic E-state index is 13.1. The number of nitrogens with zero attached hydrogens (tertiary/aromatic N) is 1. The van der Waals surface area contributed by atoms with E-state index in [1.165, 1.54) is 6.42 Å². The van der Waals surface area contributed by atoms with E-state index in [0.717, 1.165) is 31.5 Å². The Kier molecular flexibility index (Phi) is 5.68. The zero-order chi connectivity index (χ0) is 21.3. The lowest BCUT2D eigenvalue weighted by atomic mass is 9.98. The van der Waals surface area contributed by atoms with Crippen LogP contribution in [0.15, 0.2) is 30.0 Å². The number of likely N-dealkylation sites (tertiary alicyclic amines) is 1. The predicted molar refractivity (Wildman–Crippen MR) is 114 cm³/mol. The fraction of sp³-hybridized carbons (Fsp3) is 0.375. The van der Waals surface area contributed by atoms with Crippen LogP contribution in [0, 0.1) is 6.92 Å². The van der Waals surface area contributed by atoms with E-state index in [4.69, 9.17) is 14.2 Å². The molecule has 2 aromatic rings. The molecule has 4 rings (SSSR count). The van der Waals surface area contributed by atoms with Crippen LogP contribution in [0.4, 0.5) is 0 Å². The van der Waals surface area contributed by atoms with Crippen molar-refractivity contribution in [2.75, 3.05) is 27.3 Å². The van der Waals surface area contributed by atoms with Crippen molar-refractivity contribution in [3.05, 3.63) is 52.3 Å². The number of hydrogen-bond donors (Lipinski definition) is 1. The first-order chi connectivity index (χ1) is 14.5. The molecule has 1 N–H and O–H groups in total. The van der Waals surface area contributed by atoms with E-state index in [9.17, 15) is 9.90 Å². The number of carbonyl (C=O) groups excluding carboxylic acids is 1. The maximum Gasteiger partial charge on any atom is 0.232 e. The first kappa shape index (κ1) is 20.3. The Morgan fingerprint density at radius 3 is 2.53 bits per heavy atom. The molecule has 0 spiro atoms. The highest BCUT2D eigenvalue weighted by molar-refractivity contribution is 6.15. The molecule has 2 heterocycles. The van der Waals surface area contributed by atoms with Gasteiger partial charge < -0.3 is 19.3 Å².